The van der Waals surface area contributed by atoms with Gasteiger partial charge in [0, 0.05) is 18.7 Å². The zero-order valence-corrected chi connectivity index (χ0v) is 8.99. The molecule has 1 aromatic rings. The van der Waals surface area contributed by atoms with Crippen LogP contribution in [0.1, 0.15) is 24.8 Å². The molecule has 15 heavy (non-hydrogen) atoms. The van der Waals surface area contributed by atoms with Crippen LogP contribution >= 0.6 is 0 Å². The Morgan fingerprint density at radius 1 is 1.20 bits per heavy atom. The van der Waals surface area contributed by atoms with Gasteiger partial charge in [-0.3, -0.25) is 4.79 Å². The summed E-state index contributed by atoms with van der Waals surface area (Å²) in [7, 11) is 0. The van der Waals surface area contributed by atoms with Gasteiger partial charge >= 0.3 is 0 Å². The van der Waals surface area contributed by atoms with Crippen molar-refractivity contribution in [2.45, 2.75) is 26.2 Å². The van der Waals surface area contributed by atoms with E-state index in [0.717, 1.165) is 18.7 Å². The molecule has 0 unspecified atom stereocenters. The van der Waals surface area contributed by atoms with E-state index in [9.17, 15) is 4.79 Å². The number of nitrogens with zero attached hydrogens (tertiary/aromatic N) is 1. The highest BCUT2D eigenvalue weighted by Crippen LogP contribution is 2.53. The van der Waals surface area contributed by atoms with Gasteiger partial charge < -0.3 is 4.90 Å². The molecule has 0 bridgehead atoms. The fourth-order valence-corrected chi connectivity index (χ4v) is 2.37. The highest BCUT2D eigenvalue weighted by atomic mass is 16.2. The summed E-state index contributed by atoms with van der Waals surface area (Å²) >= 11 is 0. The summed E-state index contributed by atoms with van der Waals surface area (Å²) < 4.78 is 0. The summed E-state index contributed by atoms with van der Waals surface area (Å²) in [5.74, 6) is 0.302. The van der Waals surface area contributed by atoms with E-state index in [1.54, 1.807) is 0 Å². The average Bonchev–Trinajstić information content (AvgIpc) is 2.87. The van der Waals surface area contributed by atoms with E-state index in [-0.39, 0.29) is 0 Å². The molecule has 2 fully saturated rings. The first-order valence-electron chi connectivity index (χ1n) is 5.56. The molecule has 0 N–H and O–H groups in total. The number of hydrogen-bond donors (Lipinski definition) is 0. The van der Waals surface area contributed by atoms with Crippen LogP contribution in [0.5, 0.6) is 0 Å². The zero-order valence-electron chi connectivity index (χ0n) is 8.99. The first-order valence-corrected chi connectivity index (χ1v) is 5.56. The van der Waals surface area contributed by atoms with E-state index in [0.29, 0.717) is 11.3 Å². The second kappa shape index (κ2) is 2.84. The molecule has 1 aromatic carbocycles. The molecule has 1 heterocycles. The van der Waals surface area contributed by atoms with Crippen molar-refractivity contribution in [3.8, 4) is 0 Å². The lowest BCUT2D eigenvalue weighted by Crippen LogP contribution is -2.24. The second-order valence-corrected chi connectivity index (χ2v) is 4.99. The highest BCUT2D eigenvalue weighted by Gasteiger charge is 2.51. The molecule has 0 radical (unpaired) electrons. The molecule has 1 aliphatic heterocycles. The van der Waals surface area contributed by atoms with Crippen molar-refractivity contribution in [2.75, 3.05) is 11.4 Å². The van der Waals surface area contributed by atoms with E-state index >= 15 is 0 Å². The van der Waals surface area contributed by atoms with E-state index in [1.807, 2.05) is 4.90 Å². The molecular formula is C13H15NO. The Bertz CT molecular complexity index is 403. The molecule has 3 rings (SSSR count). The average molecular weight is 201 g/mol. The van der Waals surface area contributed by atoms with Crippen molar-refractivity contribution in [1.29, 1.82) is 0 Å². The summed E-state index contributed by atoms with van der Waals surface area (Å²) in [6.45, 7) is 3.01. The molecular weight excluding hydrogens is 186 g/mol. The van der Waals surface area contributed by atoms with E-state index in [1.165, 1.54) is 18.4 Å². The molecule has 2 aliphatic rings. The number of hydrogen-bond acceptors (Lipinski definition) is 1. The third-order valence-corrected chi connectivity index (χ3v) is 3.62. The van der Waals surface area contributed by atoms with Gasteiger partial charge in [-0.1, -0.05) is 17.7 Å². The van der Waals surface area contributed by atoms with Crippen LogP contribution in [-0.2, 0) is 4.79 Å². The van der Waals surface area contributed by atoms with Gasteiger partial charge in [0.1, 0.15) is 0 Å². The van der Waals surface area contributed by atoms with Gasteiger partial charge in [0.2, 0.25) is 5.91 Å². The Morgan fingerprint density at radius 3 is 2.40 bits per heavy atom. The Balaban J connectivity index is 1.88. The molecule has 1 saturated heterocycles. The maximum absolute atomic E-state index is 11.8. The van der Waals surface area contributed by atoms with Gasteiger partial charge in [0.15, 0.2) is 0 Å². The Morgan fingerprint density at radius 2 is 1.87 bits per heavy atom. The molecule has 1 amide bonds. The summed E-state index contributed by atoms with van der Waals surface area (Å²) in [6, 6.07) is 8.24. The predicted octanol–water partition coefficient (Wildman–Crippen LogP) is 2.51. The van der Waals surface area contributed by atoms with Gasteiger partial charge in [-0.2, -0.15) is 0 Å². The standard InChI is InChI=1S/C13H15NO/c1-10-2-4-11(5-3-10)14-9-13(6-7-13)8-12(14)15/h2-5H,6-9H2,1H3. The van der Waals surface area contributed by atoms with E-state index < -0.39 is 0 Å². The van der Waals surface area contributed by atoms with Crippen LogP contribution in [0.3, 0.4) is 0 Å². The number of aryl methyl sites for hydroxylation is 1. The fourth-order valence-electron chi connectivity index (χ4n) is 2.37. The quantitative estimate of drug-likeness (QED) is 0.683. The van der Waals surface area contributed by atoms with Crippen molar-refractivity contribution in [3.05, 3.63) is 29.8 Å². The van der Waals surface area contributed by atoms with Gasteiger partial charge in [-0.15, -0.1) is 0 Å². The zero-order chi connectivity index (χ0) is 10.5. The number of carbonyl (C=O) groups excluding carboxylic acids is 1. The molecule has 1 aliphatic carbocycles. The van der Waals surface area contributed by atoms with Gasteiger partial charge in [0.05, 0.1) is 0 Å². The highest BCUT2D eigenvalue weighted by molar-refractivity contribution is 5.96. The first-order chi connectivity index (χ1) is 7.19. The lowest BCUT2D eigenvalue weighted by atomic mass is 10.1. The lowest BCUT2D eigenvalue weighted by Gasteiger charge is -2.16. The van der Waals surface area contributed by atoms with Crippen molar-refractivity contribution in [2.24, 2.45) is 5.41 Å². The number of anilines is 1. The first kappa shape index (κ1) is 8.96. The number of rotatable bonds is 1. The summed E-state index contributed by atoms with van der Waals surface area (Å²) in [6.07, 6.45) is 3.24. The fraction of sp³-hybridized carbons (Fsp3) is 0.462. The van der Waals surface area contributed by atoms with Crippen LogP contribution in [0.4, 0.5) is 5.69 Å². The van der Waals surface area contributed by atoms with Crippen molar-refractivity contribution < 1.29 is 4.79 Å². The monoisotopic (exact) mass is 201 g/mol. The maximum Gasteiger partial charge on any atom is 0.227 e. The number of amides is 1. The molecule has 2 heteroatoms. The van der Waals surface area contributed by atoms with E-state index in [4.69, 9.17) is 0 Å². The second-order valence-electron chi connectivity index (χ2n) is 4.99. The van der Waals surface area contributed by atoms with Crippen molar-refractivity contribution in [3.63, 3.8) is 0 Å². The Kier molecular flexibility index (Phi) is 1.70. The summed E-state index contributed by atoms with van der Waals surface area (Å²) in [4.78, 5) is 13.8. The van der Waals surface area contributed by atoms with Crippen LogP contribution < -0.4 is 4.90 Å². The van der Waals surface area contributed by atoms with Crippen LogP contribution in [-0.4, -0.2) is 12.5 Å². The van der Waals surface area contributed by atoms with Crippen LogP contribution in [0.25, 0.3) is 0 Å². The maximum atomic E-state index is 11.8. The minimum absolute atomic E-state index is 0.302. The minimum Gasteiger partial charge on any atom is -0.312 e. The number of carbonyl (C=O) groups is 1. The van der Waals surface area contributed by atoms with Crippen LogP contribution in [0.15, 0.2) is 24.3 Å². The Hall–Kier alpha value is -1.31. The molecule has 0 aromatic heterocycles. The third-order valence-electron chi connectivity index (χ3n) is 3.62. The molecule has 1 spiro atoms. The largest absolute Gasteiger partial charge is 0.312 e. The smallest absolute Gasteiger partial charge is 0.227 e. The van der Waals surface area contributed by atoms with Gasteiger partial charge in [-0.25, -0.2) is 0 Å². The van der Waals surface area contributed by atoms with Gasteiger partial charge in [-0.05, 0) is 37.3 Å². The SMILES string of the molecule is Cc1ccc(N2CC3(CC3)CC2=O)cc1. The number of benzene rings is 1. The molecule has 78 valence electrons. The predicted molar refractivity (Wildman–Crippen MR) is 59.8 cm³/mol. The third kappa shape index (κ3) is 1.44. The Labute approximate surface area is 89.9 Å². The normalized spacial score (nSPS) is 22.5. The molecule has 1 saturated carbocycles. The van der Waals surface area contributed by atoms with Gasteiger partial charge in [0.25, 0.3) is 0 Å². The van der Waals surface area contributed by atoms with Crippen molar-refractivity contribution in [1.82, 2.24) is 0 Å². The molecule has 0 atom stereocenters. The summed E-state index contributed by atoms with van der Waals surface area (Å²) in [5, 5.41) is 0. The minimum atomic E-state index is 0.302. The lowest BCUT2D eigenvalue weighted by molar-refractivity contribution is -0.117. The van der Waals surface area contributed by atoms with Crippen molar-refractivity contribution >= 4 is 11.6 Å². The molecule has 2 nitrogen and oxygen atoms in total. The van der Waals surface area contributed by atoms with Crippen LogP contribution in [0.2, 0.25) is 0 Å². The van der Waals surface area contributed by atoms with Crippen LogP contribution in [0, 0.1) is 12.3 Å². The summed E-state index contributed by atoms with van der Waals surface area (Å²) in [5.41, 5.74) is 2.67. The topological polar surface area (TPSA) is 20.3 Å². The van der Waals surface area contributed by atoms with E-state index in [2.05, 4.69) is 31.2 Å².